The third-order valence-electron chi connectivity index (χ3n) is 3.88. The molecule has 110 valence electrons. The molecule has 3 rings (SSSR count). The van der Waals surface area contributed by atoms with Gasteiger partial charge in [0.25, 0.3) is 0 Å². The summed E-state index contributed by atoms with van der Waals surface area (Å²) in [7, 11) is 1.65. The van der Waals surface area contributed by atoms with Gasteiger partial charge in [-0.15, -0.1) is 0 Å². The lowest BCUT2D eigenvalue weighted by Crippen LogP contribution is -2.38. The number of ether oxygens (including phenoxy) is 1. The number of imidazole rings is 1. The van der Waals surface area contributed by atoms with Crippen molar-refractivity contribution in [3.8, 4) is 5.75 Å². The Kier molecular flexibility index (Phi) is 3.90. The largest absolute Gasteiger partial charge is 0.497 e. The number of rotatable bonds is 4. The van der Waals surface area contributed by atoms with E-state index in [1.165, 1.54) is 0 Å². The van der Waals surface area contributed by atoms with E-state index in [1.807, 2.05) is 35.4 Å². The molecule has 21 heavy (non-hydrogen) atoms. The minimum absolute atomic E-state index is 0.195. The van der Waals surface area contributed by atoms with Gasteiger partial charge in [0.2, 0.25) is 5.91 Å². The van der Waals surface area contributed by atoms with Crippen molar-refractivity contribution in [3.63, 3.8) is 0 Å². The Hall–Kier alpha value is -2.30. The first-order chi connectivity index (χ1) is 10.3. The molecule has 0 saturated carbocycles. The standard InChI is InChI=1S/C16H19N3O2/c1-21-14-5-2-13(3-6-14)4-7-16(20)19-11-10-18-9-8-17-15(18)12-19/h2-3,5-6,8-9H,4,7,10-12H2,1H3. The van der Waals surface area contributed by atoms with E-state index in [0.29, 0.717) is 13.0 Å². The van der Waals surface area contributed by atoms with Crippen LogP contribution in [0.2, 0.25) is 0 Å². The molecule has 2 heterocycles. The van der Waals surface area contributed by atoms with Gasteiger partial charge in [-0.2, -0.15) is 0 Å². The predicted molar refractivity (Wildman–Crippen MR) is 79.0 cm³/mol. The van der Waals surface area contributed by atoms with Crippen molar-refractivity contribution >= 4 is 5.91 Å². The van der Waals surface area contributed by atoms with Crippen LogP contribution in [-0.2, 0) is 24.3 Å². The number of benzene rings is 1. The monoisotopic (exact) mass is 285 g/mol. The molecule has 0 radical (unpaired) electrons. The van der Waals surface area contributed by atoms with Crippen LogP contribution in [0.25, 0.3) is 0 Å². The van der Waals surface area contributed by atoms with Crippen molar-refractivity contribution < 1.29 is 9.53 Å². The van der Waals surface area contributed by atoms with E-state index in [1.54, 1.807) is 13.3 Å². The maximum Gasteiger partial charge on any atom is 0.223 e. The van der Waals surface area contributed by atoms with Gasteiger partial charge in [-0.25, -0.2) is 4.98 Å². The zero-order chi connectivity index (χ0) is 14.7. The van der Waals surface area contributed by atoms with Crippen molar-refractivity contribution in [1.82, 2.24) is 14.5 Å². The van der Waals surface area contributed by atoms with E-state index in [4.69, 9.17) is 4.74 Å². The lowest BCUT2D eigenvalue weighted by atomic mass is 10.1. The van der Waals surface area contributed by atoms with Crippen molar-refractivity contribution in [1.29, 1.82) is 0 Å². The summed E-state index contributed by atoms with van der Waals surface area (Å²) in [5, 5.41) is 0. The smallest absolute Gasteiger partial charge is 0.223 e. The molecule has 0 saturated heterocycles. The molecule has 0 fully saturated rings. The Morgan fingerprint density at radius 2 is 2.10 bits per heavy atom. The number of aromatic nitrogens is 2. The molecule has 5 heteroatoms. The first-order valence-electron chi connectivity index (χ1n) is 7.17. The second-order valence-electron chi connectivity index (χ2n) is 5.20. The molecule has 1 aromatic heterocycles. The number of carbonyl (C=O) groups excluding carboxylic acids is 1. The van der Waals surface area contributed by atoms with Gasteiger partial charge in [0.1, 0.15) is 11.6 Å². The average Bonchev–Trinajstić information content (AvgIpc) is 3.00. The highest BCUT2D eigenvalue weighted by molar-refractivity contribution is 5.76. The second-order valence-corrected chi connectivity index (χ2v) is 5.20. The van der Waals surface area contributed by atoms with Crippen molar-refractivity contribution in [2.45, 2.75) is 25.9 Å². The summed E-state index contributed by atoms with van der Waals surface area (Å²) in [6, 6.07) is 7.87. The van der Waals surface area contributed by atoms with E-state index in [2.05, 4.69) is 9.55 Å². The van der Waals surface area contributed by atoms with Gasteiger partial charge in [-0.1, -0.05) is 12.1 Å². The number of hydrogen-bond donors (Lipinski definition) is 0. The fourth-order valence-electron chi connectivity index (χ4n) is 2.59. The number of methoxy groups -OCH3 is 1. The highest BCUT2D eigenvalue weighted by Crippen LogP contribution is 2.15. The Bertz CT molecular complexity index is 619. The zero-order valence-corrected chi connectivity index (χ0v) is 12.2. The molecule has 1 aliphatic rings. The molecule has 0 bridgehead atoms. The van der Waals surface area contributed by atoms with Crippen LogP contribution in [0.1, 0.15) is 17.8 Å². The summed E-state index contributed by atoms with van der Waals surface area (Å²) in [6.07, 6.45) is 5.05. The summed E-state index contributed by atoms with van der Waals surface area (Å²) in [6.45, 7) is 2.23. The van der Waals surface area contributed by atoms with Gasteiger partial charge in [-0.05, 0) is 24.1 Å². The van der Waals surface area contributed by atoms with Gasteiger partial charge in [0, 0.05) is 31.9 Å². The molecule has 0 atom stereocenters. The van der Waals surface area contributed by atoms with Crippen LogP contribution < -0.4 is 4.74 Å². The normalized spacial score (nSPS) is 13.9. The maximum absolute atomic E-state index is 12.3. The first kappa shape index (κ1) is 13.7. The fourth-order valence-corrected chi connectivity index (χ4v) is 2.59. The van der Waals surface area contributed by atoms with Crippen molar-refractivity contribution in [3.05, 3.63) is 48.0 Å². The van der Waals surface area contributed by atoms with Gasteiger partial charge < -0.3 is 14.2 Å². The second kappa shape index (κ2) is 5.99. The Morgan fingerprint density at radius 3 is 2.86 bits per heavy atom. The van der Waals surface area contributed by atoms with Crippen LogP contribution >= 0.6 is 0 Å². The highest BCUT2D eigenvalue weighted by Gasteiger charge is 2.20. The molecular weight excluding hydrogens is 266 g/mol. The minimum atomic E-state index is 0.195. The predicted octanol–water partition coefficient (Wildman–Crippen LogP) is 1.87. The molecule has 0 N–H and O–H groups in total. The number of amides is 1. The minimum Gasteiger partial charge on any atom is -0.497 e. The lowest BCUT2D eigenvalue weighted by Gasteiger charge is -2.27. The van der Waals surface area contributed by atoms with Gasteiger partial charge in [-0.3, -0.25) is 4.79 Å². The van der Waals surface area contributed by atoms with E-state index in [9.17, 15) is 4.79 Å². The Morgan fingerprint density at radius 1 is 1.29 bits per heavy atom. The summed E-state index contributed by atoms with van der Waals surface area (Å²) in [5.74, 6) is 2.01. The van der Waals surface area contributed by atoms with E-state index >= 15 is 0 Å². The number of fused-ring (bicyclic) bond motifs is 1. The van der Waals surface area contributed by atoms with Crippen LogP contribution in [0.4, 0.5) is 0 Å². The third kappa shape index (κ3) is 3.07. The molecule has 0 spiro atoms. The molecule has 1 aliphatic heterocycles. The van der Waals surface area contributed by atoms with Gasteiger partial charge in [0.05, 0.1) is 13.7 Å². The molecule has 0 unspecified atom stereocenters. The molecule has 1 amide bonds. The van der Waals surface area contributed by atoms with E-state index < -0.39 is 0 Å². The first-order valence-corrected chi connectivity index (χ1v) is 7.17. The topological polar surface area (TPSA) is 47.4 Å². The third-order valence-corrected chi connectivity index (χ3v) is 3.88. The average molecular weight is 285 g/mol. The van der Waals surface area contributed by atoms with E-state index in [-0.39, 0.29) is 5.91 Å². The number of nitrogens with zero attached hydrogens (tertiary/aromatic N) is 3. The van der Waals surface area contributed by atoms with E-state index in [0.717, 1.165) is 36.6 Å². The quantitative estimate of drug-likeness (QED) is 0.861. The summed E-state index contributed by atoms with van der Waals surface area (Å²) in [5.41, 5.74) is 1.16. The molecule has 5 nitrogen and oxygen atoms in total. The molecule has 1 aromatic carbocycles. The molecule has 2 aromatic rings. The van der Waals surface area contributed by atoms with Gasteiger partial charge in [0.15, 0.2) is 0 Å². The Labute approximate surface area is 124 Å². The van der Waals surface area contributed by atoms with Crippen LogP contribution in [0.15, 0.2) is 36.7 Å². The van der Waals surface area contributed by atoms with Crippen LogP contribution in [0.3, 0.4) is 0 Å². The fraction of sp³-hybridized carbons (Fsp3) is 0.375. The maximum atomic E-state index is 12.3. The highest BCUT2D eigenvalue weighted by atomic mass is 16.5. The summed E-state index contributed by atoms with van der Waals surface area (Å²) < 4.78 is 7.24. The lowest BCUT2D eigenvalue weighted by molar-refractivity contribution is -0.132. The number of carbonyl (C=O) groups is 1. The van der Waals surface area contributed by atoms with Crippen molar-refractivity contribution in [2.24, 2.45) is 0 Å². The summed E-state index contributed by atoms with van der Waals surface area (Å²) in [4.78, 5) is 18.5. The Balaban J connectivity index is 1.54. The van der Waals surface area contributed by atoms with Crippen LogP contribution in [0, 0.1) is 0 Å². The SMILES string of the molecule is COc1ccc(CCC(=O)N2CCn3ccnc3C2)cc1. The van der Waals surface area contributed by atoms with Gasteiger partial charge >= 0.3 is 0 Å². The summed E-state index contributed by atoms with van der Waals surface area (Å²) >= 11 is 0. The molecular formula is C16H19N3O2. The van der Waals surface area contributed by atoms with Crippen molar-refractivity contribution in [2.75, 3.05) is 13.7 Å². The number of hydrogen-bond acceptors (Lipinski definition) is 3. The molecule has 0 aliphatic carbocycles. The zero-order valence-electron chi connectivity index (χ0n) is 12.2. The number of aryl methyl sites for hydroxylation is 1. The van der Waals surface area contributed by atoms with Crippen LogP contribution in [0.5, 0.6) is 5.75 Å². The van der Waals surface area contributed by atoms with Crippen LogP contribution in [-0.4, -0.2) is 34.0 Å².